The highest BCUT2D eigenvalue weighted by molar-refractivity contribution is 5.40. The first-order valence-electron chi connectivity index (χ1n) is 7.25. The number of hydrogen-bond acceptors (Lipinski definition) is 4. The lowest BCUT2D eigenvalue weighted by atomic mass is 10.1. The zero-order valence-corrected chi connectivity index (χ0v) is 11.8. The molecular formula is C16H20N2O2. The molecule has 0 spiro atoms. The molecule has 0 aliphatic heterocycles. The molecule has 3 rings (SSSR count). The maximum atomic E-state index is 5.74. The SMILES string of the molecule is CCCNC1CCc2cc(OCc3ccno3)ccc21. The lowest BCUT2D eigenvalue weighted by Crippen LogP contribution is -2.19. The monoisotopic (exact) mass is 272 g/mol. The van der Waals surface area contributed by atoms with Crippen LogP contribution in [-0.4, -0.2) is 11.7 Å². The Morgan fingerprint density at radius 1 is 1.40 bits per heavy atom. The standard InChI is InChI=1S/C16H20N2O2/c1-2-8-17-16-6-3-12-10-13(4-5-15(12)16)19-11-14-7-9-18-20-14/h4-5,7,9-10,16-17H,2-3,6,8,11H2,1H3. The van der Waals surface area contributed by atoms with Gasteiger partial charge in [-0.15, -0.1) is 0 Å². The van der Waals surface area contributed by atoms with Crippen molar-refractivity contribution in [3.63, 3.8) is 0 Å². The molecular weight excluding hydrogens is 252 g/mol. The maximum Gasteiger partial charge on any atom is 0.174 e. The molecule has 4 nitrogen and oxygen atoms in total. The lowest BCUT2D eigenvalue weighted by molar-refractivity contribution is 0.249. The molecule has 2 aromatic rings. The Labute approximate surface area is 119 Å². The van der Waals surface area contributed by atoms with Crippen molar-refractivity contribution in [2.75, 3.05) is 6.54 Å². The molecule has 0 saturated heterocycles. The van der Waals surface area contributed by atoms with Gasteiger partial charge in [0.15, 0.2) is 5.76 Å². The highest BCUT2D eigenvalue weighted by Crippen LogP contribution is 2.33. The number of rotatable bonds is 6. The van der Waals surface area contributed by atoms with Crippen molar-refractivity contribution in [1.82, 2.24) is 10.5 Å². The van der Waals surface area contributed by atoms with E-state index in [4.69, 9.17) is 9.26 Å². The number of hydrogen-bond donors (Lipinski definition) is 1. The Hall–Kier alpha value is -1.81. The molecule has 1 heterocycles. The molecule has 0 fully saturated rings. The van der Waals surface area contributed by atoms with Crippen LogP contribution in [0.3, 0.4) is 0 Å². The molecule has 0 bridgehead atoms. The van der Waals surface area contributed by atoms with Crippen LogP contribution in [0.15, 0.2) is 35.0 Å². The second-order valence-corrected chi connectivity index (χ2v) is 5.17. The van der Waals surface area contributed by atoms with Crippen LogP contribution < -0.4 is 10.1 Å². The summed E-state index contributed by atoms with van der Waals surface area (Å²) in [6, 6.07) is 8.71. The number of aryl methyl sites for hydroxylation is 1. The van der Waals surface area contributed by atoms with Crippen LogP contribution in [0.1, 0.15) is 42.7 Å². The Kier molecular flexibility index (Phi) is 4.02. The van der Waals surface area contributed by atoms with Crippen molar-refractivity contribution in [2.45, 2.75) is 38.8 Å². The molecule has 4 heteroatoms. The summed E-state index contributed by atoms with van der Waals surface area (Å²) >= 11 is 0. The fraction of sp³-hybridized carbons (Fsp3) is 0.438. The highest BCUT2D eigenvalue weighted by Gasteiger charge is 2.21. The first kappa shape index (κ1) is 13.2. The van der Waals surface area contributed by atoms with Gasteiger partial charge in [0.1, 0.15) is 12.4 Å². The van der Waals surface area contributed by atoms with Gasteiger partial charge in [-0.05, 0) is 49.1 Å². The van der Waals surface area contributed by atoms with Gasteiger partial charge in [0.25, 0.3) is 0 Å². The van der Waals surface area contributed by atoms with Gasteiger partial charge in [-0.3, -0.25) is 0 Å². The van der Waals surface area contributed by atoms with Gasteiger partial charge in [-0.1, -0.05) is 18.1 Å². The van der Waals surface area contributed by atoms with Crippen LogP contribution in [0.4, 0.5) is 0 Å². The van der Waals surface area contributed by atoms with E-state index in [0.29, 0.717) is 12.6 Å². The van der Waals surface area contributed by atoms with Crippen molar-refractivity contribution in [1.29, 1.82) is 0 Å². The van der Waals surface area contributed by atoms with Crippen LogP contribution in [0.2, 0.25) is 0 Å². The summed E-state index contributed by atoms with van der Waals surface area (Å²) < 4.78 is 10.8. The van der Waals surface area contributed by atoms with Gasteiger partial charge in [-0.25, -0.2) is 0 Å². The van der Waals surface area contributed by atoms with Crippen molar-refractivity contribution in [2.24, 2.45) is 0 Å². The molecule has 1 atom stereocenters. The average molecular weight is 272 g/mol. The second kappa shape index (κ2) is 6.09. The quantitative estimate of drug-likeness (QED) is 0.877. The number of fused-ring (bicyclic) bond motifs is 1. The van der Waals surface area contributed by atoms with Gasteiger partial charge in [-0.2, -0.15) is 0 Å². The van der Waals surface area contributed by atoms with Crippen LogP contribution >= 0.6 is 0 Å². The van der Waals surface area contributed by atoms with Gasteiger partial charge < -0.3 is 14.6 Å². The number of nitrogens with zero attached hydrogens (tertiary/aromatic N) is 1. The molecule has 1 N–H and O–H groups in total. The topological polar surface area (TPSA) is 47.3 Å². The first-order chi connectivity index (χ1) is 9.86. The molecule has 0 saturated carbocycles. The third-order valence-electron chi connectivity index (χ3n) is 3.71. The average Bonchev–Trinajstić information content (AvgIpc) is 3.12. The van der Waals surface area contributed by atoms with E-state index in [-0.39, 0.29) is 0 Å². The Balaban J connectivity index is 1.64. The third kappa shape index (κ3) is 2.85. The number of nitrogens with one attached hydrogen (secondary N) is 1. The smallest absolute Gasteiger partial charge is 0.174 e. The Bertz CT molecular complexity index is 552. The van der Waals surface area contributed by atoms with E-state index in [2.05, 4.69) is 29.5 Å². The van der Waals surface area contributed by atoms with Crippen LogP contribution in [0.25, 0.3) is 0 Å². The van der Waals surface area contributed by atoms with Gasteiger partial charge in [0.05, 0.1) is 6.20 Å². The molecule has 20 heavy (non-hydrogen) atoms. The second-order valence-electron chi connectivity index (χ2n) is 5.17. The molecule has 1 aromatic heterocycles. The van der Waals surface area contributed by atoms with Gasteiger partial charge >= 0.3 is 0 Å². The van der Waals surface area contributed by atoms with E-state index < -0.39 is 0 Å². The van der Waals surface area contributed by atoms with E-state index in [1.807, 2.05) is 12.1 Å². The fourth-order valence-electron chi connectivity index (χ4n) is 2.69. The molecule has 0 radical (unpaired) electrons. The number of ether oxygens (including phenoxy) is 1. The van der Waals surface area contributed by atoms with E-state index in [1.54, 1.807) is 6.20 Å². The van der Waals surface area contributed by atoms with Crippen molar-refractivity contribution < 1.29 is 9.26 Å². The normalized spacial score (nSPS) is 17.1. The zero-order chi connectivity index (χ0) is 13.8. The number of aromatic nitrogens is 1. The Morgan fingerprint density at radius 2 is 2.35 bits per heavy atom. The molecule has 106 valence electrons. The molecule has 1 aliphatic rings. The minimum absolute atomic E-state index is 0.427. The summed E-state index contributed by atoms with van der Waals surface area (Å²) in [6.45, 7) is 3.70. The third-order valence-corrected chi connectivity index (χ3v) is 3.71. The number of benzene rings is 1. The molecule has 0 amide bonds. The predicted octanol–water partition coefficient (Wildman–Crippen LogP) is 3.24. The fourth-order valence-corrected chi connectivity index (χ4v) is 2.69. The van der Waals surface area contributed by atoms with Gasteiger partial charge in [0.2, 0.25) is 0 Å². The van der Waals surface area contributed by atoms with Crippen LogP contribution in [0, 0.1) is 0 Å². The van der Waals surface area contributed by atoms with E-state index in [9.17, 15) is 0 Å². The first-order valence-corrected chi connectivity index (χ1v) is 7.25. The summed E-state index contributed by atoms with van der Waals surface area (Å²) in [6.07, 6.45) is 5.10. The van der Waals surface area contributed by atoms with Crippen molar-refractivity contribution in [3.05, 3.63) is 47.3 Å². The Morgan fingerprint density at radius 3 is 3.15 bits per heavy atom. The summed E-state index contributed by atoms with van der Waals surface area (Å²) in [5.41, 5.74) is 2.82. The molecule has 1 aliphatic carbocycles. The maximum absolute atomic E-state index is 5.74. The summed E-state index contributed by atoms with van der Waals surface area (Å²) in [4.78, 5) is 0. The largest absolute Gasteiger partial charge is 0.486 e. The molecule has 1 aromatic carbocycles. The van der Waals surface area contributed by atoms with E-state index in [1.165, 1.54) is 24.0 Å². The zero-order valence-electron chi connectivity index (χ0n) is 11.8. The van der Waals surface area contributed by atoms with Gasteiger partial charge in [0, 0.05) is 12.1 Å². The predicted molar refractivity (Wildman–Crippen MR) is 76.6 cm³/mol. The summed E-state index contributed by atoms with van der Waals surface area (Å²) in [5.74, 6) is 1.64. The minimum Gasteiger partial charge on any atom is -0.486 e. The highest BCUT2D eigenvalue weighted by atomic mass is 16.5. The van der Waals surface area contributed by atoms with Crippen LogP contribution in [0.5, 0.6) is 5.75 Å². The van der Waals surface area contributed by atoms with E-state index in [0.717, 1.165) is 24.5 Å². The summed E-state index contributed by atoms with van der Waals surface area (Å²) in [7, 11) is 0. The van der Waals surface area contributed by atoms with Crippen LogP contribution in [-0.2, 0) is 13.0 Å². The molecule has 1 unspecified atom stereocenters. The van der Waals surface area contributed by atoms with E-state index >= 15 is 0 Å². The lowest BCUT2D eigenvalue weighted by Gasteiger charge is -2.13. The van der Waals surface area contributed by atoms with Crippen molar-refractivity contribution in [3.8, 4) is 5.75 Å². The minimum atomic E-state index is 0.427. The van der Waals surface area contributed by atoms with Crippen molar-refractivity contribution >= 4 is 0 Å². The summed E-state index contributed by atoms with van der Waals surface area (Å²) in [5, 5.41) is 7.26.